The third-order valence-electron chi connectivity index (χ3n) is 3.35. The monoisotopic (exact) mass is 222 g/mol. The summed E-state index contributed by atoms with van der Waals surface area (Å²) in [5.74, 6) is 0.301. The molecule has 0 radical (unpaired) electrons. The molecule has 17 heavy (non-hydrogen) atoms. The summed E-state index contributed by atoms with van der Waals surface area (Å²) in [6, 6.07) is 16.7. The highest BCUT2D eigenvalue weighted by molar-refractivity contribution is 6.00. The quantitative estimate of drug-likeness (QED) is 0.761. The van der Waals surface area contributed by atoms with Gasteiger partial charge in [-0.2, -0.15) is 0 Å². The van der Waals surface area contributed by atoms with E-state index in [0.717, 1.165) is 18.4 Å². The Balaban J connectivity index is 1.90. The van der Waals surface area contributed by atoms with Gasteiger partial charge in [-0.25, -0.2) is 0 Å². The van der Waals surface area contributed by atoms with Crippen molar-refractivity contribution < 1.29 is 4.79 Å². The van der Waals surface area contributed by atoms with Crippen molar-refractivity contribution in [2.75, 3.05) is 0 Å². The first kappa shape index (κ1) is 10.3. The molecular formula is C16H14O. The van der Waals surface area contributed by atoms with Gasteiger partial charge in [0.1, 0.15) is 0 Å². The molecule has 84 valence electrons. The van der Waals surface area contributed by atoms with Crippen LogP contribution in [0, 0.1) is 0 Å². The SMILES string of the molecule is O=C1CCc2ccc(Cc3ccccc3)cc21. The van der Waals surface area contributed by atoms with Crippen LogP contribution in [0.15, 0.2) is 48.5 Å². The zero-order valence-electron chi connectivity index (χ0n) is 9.65. The molecular weight excluding hydrogens is 208 g/mol. The minimum atomic E-state index is 0.301. The molecule has 1 aliphatic rings. The fraction of sp³-hybridized carbons (Fsp3) is 0.188. The van der Waals surface area contributed by atoms with E-state index in [1.54, 1.807) is 0 Å². The van der Waals surface area contributed by atoms with Gasteiger partial charge in [-0.3, -0.25) is 4.79 Å². The predicted octanol–water partition coefficient (Wildman–Crippen LogP) is 3.41. The molecule has 0 unspecified atom stereocenters. The third-order valence-corrected chi connectivity index (χ3v) is 3.35. The van der Waals surface area contributed by atoms with Crippen molar-refractivity contribution in [1.82, 2.24) is 0 Å². The van der Waals surface area contributed by atoms with Gasteiger partial charge in [-0.05, 0) is 35.6 Å². The maximum Gasteiger partial charge on any atom is 0.163 e. The number of fused-ring (bicyclic) bond motifs is 1. The Morgan fingerprint density at radius 3 is 2.53 bits per heavy atom. The highest BCUT2D eigenvalue weighted by atomic mass is 16.1. The lowest BCUT2D eigenvalue weighted by Gasteiger charge is -2.04. The Bertz CT molecular complexity index is 555. The summed E-state index contributed by atoms with van der Waals surface area (Å²) in [6.07, 6.45) is 2.51. The van der Waals surface area contributed by atoms with E-state index in [2.05, 4.69) is 30.3 Å². The van der Waals surface area contributed by atoms with Crippen LogP contribution in [-0.4, -0.2) is 5.78 Å². The lowest BCUT2D eigenvalue weighted by Crippen LogP contribution is -1.94. The molecule has 0 saturated heterocycles. The maximum atomic E-state index is 11.7. The zero-order chi connectivity index (χ0) is 11.7. The second kappa shape index (κ2) is 4.17. The number of Topliss-reactive ketones (excluding diaryl/α,β-unsaturated/α-hetero) is 1. The summed E-state index contributed by atoms with van der Waals surface area (Å²) < 4.78 is 0. The Morgan fingerprint density at radius 1 is 0.882 bits per heavy atom. The number of aryl methyl sites for hydroxylation is 1. The number of ketones is 1. The lowest BCUT2D eigenvalue weighted by molar-refractivity contribution is 0.0994. The fourth-order valence-electron chi connectivity index (χ4n) is 2.43. The Morgan fingerprint density at radius 2 is 1.71 bits per heavy atom. The summed E-state index contributed by atoms with van der Waals surface area (Å²) >= 11 is 0. The van der Waals surface area contributed by atoms with Crippen LogP contribution in [0.25, 0.3) is 0 Å². The Labute approximate surface area is 101 Å². The molecule has 1 aliphatic carbocycles. The summed E-state index contributed by atoms with van der Waals surface area (Å²) in [5.41, 5.74) is 4.67. The van der Waals surface area contributed by atoms with E-state index in [4.69, 9.17) is 0 Å². The molecule has 0 aromatic heterocycles. The van der Waals surface area contributed by atoms with Crippen molar-refractivity contribution in [1.29, 1.82) is 0 Å². The number of hydrogen-bond donors (Lipinski definition) is 0. The molecule has 0 aliphatic heterocycles. The first-order chi connectivity index (χ1) is 8.33. The van der Waals surface area contributed by atoms with Gasteiger partial charge in [0.15, 0.2) is 5.78 Å². The van der Waals surface area contributed by atoms with Crippen LogP contribution in [-0.2, 0) is 12.8 Å². The molecule has 0 fully saturated rings. The third kappa shape index (κ3) is 2.01. The second-order valence-corrected chi connectivity index (χ2v) is 4.58. The largest absolute Gasteiger partial charge is 0.294 e. The van der Waals surface area contributed by atoms with Gasteiger partial charge in [0.25, 0.3) is 0 Å². The summed E-state index contributed by atoms with van der Waals surface area (Å²) in [4.78, 5) is 11.7. The van der Waals surface area contributed by atoms with Gasteiger partial charge < -0.3 is 0 Å². The molecule has 2 aromatic rings. The van der Waals surface area contributed by atoms with Crippen molar-refractivity contribution in [2.24, 2.45) is 0 Å². The van der Waals surface area contributed by atoms with Gasteiger partial charge in [0.05, 0.1) is 0 Å². The molecule has 0 atom stereocenters. The number of carbonyl (C=O) groups excluding carboxylic acids is 1. The average Bonchev–Trinajstić information content (AvgIpc) is 2.73. The smallest absolute Gasteiger partial charge is 0.163 e. The summed E-state index contributed by atoms with van der Waals surface area (Å²) in [6.45, 7) is 0. The van der Waals surface area contributed by atoms with Crippen molar-refractivity contribution in [3.8, 4) is 0 Å². The molecule has 2 aromatic carbocycles. The van der Waals surface area contributed by atoms with Crippen molar-refractivity contribution in [2.45, 2.75) is 19.3 Å². The Kier molecular flexibility index (Phi) is 2.52. The number of hydrogen-bond acceptors (Lipinski definition) is 1. The maximum absolute atomic E-state index is 11.7. The molecule has 0 amide bonds. The predicted molar refractivity (Wildman–Crippen MR) is 68.3 cm³/mol. The number of carbonyl (C=O) groups is 1. The van der Waals surface area contributed by atoms with E-state index in [1.807, 2.05) is 18.2 Å². The van der Waals surface area contributed by atoms with Crippen LogP contribution in [0.5, 0.6) is 0 Å². The molecule has 0 bridgehead atoms. The van der Waals surface area contributed by atoms with Gasteiger partial charge >= 0.3 is 0 Å². The summed E-state index contributed by atoms with van der Waals surface area (Å²) in [7, 11) is 0. The average molecular weight is 222 g/mol. The van der Waals surface area contributed by atoms with Crippen LogP contribution in [0.1, 0.15) is 33.5 Å². The number of rotatable bonds is 2. The van der Waals surface area contributed by atoms with E-state index in [9.17, 15) is 4.79 Å². The molecule has 0 heterocycles. The molecule has 1 heteroatoms. The van der Waals surface area contributed by atoms with Crippen molar-refractivity contribution in [3.63, 3.8) is 0 Å². The highest BCUT2D eigenvalue weighted by Crippen LogP contribution is 2.23. The normalized spacial score (nSPS) is 13.8. The minimum Gasteiger partial charge on any atom is -0.294 e. The molecule has 3 rings (SSSR count). The summed E-state index contributed by atoms with van der Waals surface area (Å²) in [5, 5.41) is 0. The van der Waals surface area contributed by atoms with E-state index in [0.29, 0.717) is 12.2 Å². The zero-order valence-corrected chi connectivity index (χ0v) is 9.65. The lowest BCUT2D eigenvalue weighted by atomic mass is 10.0. The van der Waals surface area contributed by atoms with E-state index in [-0.39, 0.29) is 0 Å². The Hall–Kier alpha value is -1.89. The van der Waals surface area contributed by atoms with E-state index < -0.39 is 0 Å². The fourth-order valence-corrected chi connectivity index (χ4v) is 2.43. The molecule has 1 nitrogen and oxygen atoms in total. The van der Waals surface area contributed by atoms with Crippen LogP contribution in [0.4, 0.5) is 0 Å². The van der Waals surface area contributed by atoms with Gasteiger partial charge in [0.2, 0.25) is 0 Å². The van der Waals surface area contributed by atoms with Gasteiger partial charge in [-0.15, -0.1) is 0 Å². The van der Waals surface area contributed by atoms with Crippen molar-refractivity contribution in [3.05, 3.63) is 70.8 Å². The first-order valence-electron chi connectivity index (χ1n) is 6.02. The molecule has 0 spiro atoms. The van der Waals surface area contributed by atoms with Crippen LogP contribution < -0.4 is 0 Å². The van der Waals surface area contributed by atoms with E-state index >= 15 is 0 Å². The van der Waals surface area contributed by atoms with Crippen LogP contribution >= 0.6 is 0 Å². The highest BCUT2D eigenvalue weighted by Gasteiger charge is 2.19. The number of benzene rings is 2. The molecule has 0 saturated carbocycles. The first-order valence-corrected chi connectivity index (χ1v) is 6.02. The van der Waals surface area contributed by atoms with Crippen LogP contribution in [0.2, 0.25) is 0 Å². The van der Waals surface area contributed by atoms with Crippen molar-refractivity contribution >= 4 is 5.78 Å². The van der Waals surface area contributed by atoms with Crippen LogP contribution in [0.3, 0.4) is 0 Å². The molecule has 0 N–H and O–H groups in total. The minimum absolute atomic E-state index is 0.301. The second-order valence-electron chi connectivity index (χ2n) is 4.58. The standard InChI is InChI=1S/C16H14O/c17-16-9-8-14-7-6-13(11-15(14)16)10-12-4-2-1-3-5-12/h1-7,11H,8-10H2. The van der Waals surface area contributed by atoms with E-state index in [1.165, 1.54) is 16.7 Å². The topological polar surface area (TPSA) is 17.1 Å². The van der Waals surface area contributed by atoms with Gasteiger partial charge in [0, 0.05) is 12.0 Å². The van der Waals surface area contributed by atoms with Gasteiger partial charge in [-0.1, -0.05) is 42.5 Å².